The molecule has 0 spiro atoms. The van der Waals surface area contributed by atoms with E-state index in [0.29, 0.717) is 18.9 Å². The van der Waals surface area contributed by atoms with Gasteiger partial charge in [0.05, 0.1) is 18.1 Å². The second-order valence-electron chi connectivity index (χ2n) is 6.72. The zero-order valence-corrected chi connectivity index (χ0v) is 18.0. The number of nitrogens with two attached hydrogens (primary N) is 1. The normalized spacial score (nSPS) is 12.4. The quantitative estimate of drug-likeness (QED) is 0.682. The molecule has 1 aromatic heterocycles. The summed E-state index contributed by atoms with van der Waals surface area (Å²) in [5, 5.41) is 0. The van der Waals surface area contributed by atoms with Crippen LogP contribution in [0.4, 0.5) is 0 Å². The Morgan fingerprint density at radius 2 is 1.89 bits per heavy atom. The third kappa shape index (κ3) is 7.91. The number of hydrogen-bond donors (Lipinski definition) is 1. The number of aromatic nitrogens is 2. The Morgan fingerprint density at radius 1 is 1.22 bits per heavy atom. The maximum absolute atomic E-state index is 12.6. The van der Waals surface area contributed by atoms with Crippen LogP contribution in [0.25, 0.3) is 0 Å². The lowest BCUT2D eigenvalue weighted by Crippen LogP contribution is -2.46. The van der Waals surface area contributed by atoms with Gasteiger partial charge in [-0.2, -0.15) is 0 Å². The van der Waals surface area contributed by atoms with Crippen LogP contribution in [0.2, 0.25) is 0 Å². The molecule has 2 atom stereocenters. The highest BCUT2D eigenvalue weighted by atomic mass is 35.5. The molecular weight excluding hydrogens is 383 g/mol. The largest absolute Gasteiger partial charge is 0.341 e. The average Bonchev–Trinajstić information content (AvgIpc) is 3.06. The predicted molar refractivity (Wildman–Crippen MR) is 116 cm³/mol. The monoisotopic (exact) mass is 414 g/mol. The van der Waals surface area contributed by atoms with Crippen molar-refractivity contribution >= 4 is 30.7 Å². The Hall–Kier alpha value is -1.56. The Kier molecular flexibility index (Phi) is 12.0. The van der Waals surface area contributed by atoms with Crippen molar-refractivity contribution in [3.8, 4) is 0 Å². The van der Waals surface area contributed by atoms with E-state index in [1.54, 1.807) is 6.33 Å². The fourth-order valence-corrected chi connectivity index (χ4v) is 2.82. The number of likely N-dealkylation sites (N-methyl/N-ethyl adjacent to an activating group) is 1. The zero-order valence-electron chi connectivity index (χ0n) is 16.4. The molecule has 1 amide bonds. The van der Waals surface area contributed by atoms with Crippen LogP contribution in [0.1, 0.15) is 38.4 Å². The van der Waals surface area contributed by atoms with Crippen LogP contribution in [0.3, 0.4) is 0 Å². The van der Waals surface area contributed by atoms with E-state index in [1.807, 2.05) is 40.8 Å². The van der Waals surface area contributed by atoms with Gasteiger partial charge >= 0.3 is 0 Å². The molecule has 27 heavy (non-hydrogen) atoms. The van der Waals surface area contributed by atoms with Gasteiger partial charge in [0.25, 0.3) is 0 Å². The number of hydrogen-bond acceptors (Lipinski definition) is 3. The molecule has 2 N–H and O–H groups in total. The van der Waals surface area contributed by atoms with Crippen LogP contribution < -0.4 is 5.73 Å². The van der Waals surface area contributed by atoms with Crippen molar-refractivity contribution in [1.82, 2.24) is 14.5 Å². The number of amides is 1. The summed E-state index contributed by atoms with van der Waals surface area (Å²) in [6.07, 6.45) is 5.31. The van der Waals surface area contributed by atoms with Gasteiger partial charge in [0, 0.05) is 32.3 Å². The summed E-state index contributed by atoms with van der Waals surface area (Å²) >= 11 is 0. The van der Waals surface area contributed by atoms with E-state index in [9.17, 15) is 4.79 Å². The molecule has 1 unspecified atom stereocenters. The molecule has 0 fully saturated rings. The van der Waals surface area contributed by atoms with Crippen LogP contribution >= 0.6 is 24.8 Å². The third-order valence-corrected chi connectivity index (χ3v) is 4.56. The van der Waals surface area contributed by atoms with E-state index in [2.05, 4.69) is 31.0 Å². The molecule has 0 saturated heterocycles. The standard InChI is InChI=1S/C20H30N4O.2ClH/c1-4-16(3)12-24(5-2)20(25)19(21)11-18-14-23(15-22-18)13-17-9-7-6-8-10-17;;/h6-10,14-16,19H,4-5,11-13,21H2,1-3H3;2*1H/t16?,19-;;/m0../s1. The first kappa shape index (κ1) is 25.4. The lowest BCUT2D eigenvalue weighted by atomic mass is 10.1. The van der Waals surface area contributed by atoms with Crippen LogP contribution in [-0.2, 0) is 17.8 Å². The molecular formula is C20H32Cl2N4O. The van der Waals surface area contributed by atoms with E-state index in [0.717, 1.165) is 25.2 Å². The van der Waals surface area contributed by atoms with Gasteiger partial charge in [0.1, 0.15) is 0 Å². The molecule has 5 nitrogen and oxygen atoms in total. The van der Waals surface area contributed by atoms with Crippen molar-refractivity contribution in [3.63, 3.8) is 0 Å². The van der Waals surface area contributed by atoms with E-state index < -0.39 is 6.04 Å². The van der Waals surface area contributed by atoms with Crippen molar-refractivity contribution < 1.29 is 4.79 Å². The van der Waals surface area contributed by atoms with Gasteiger partial charge in [-0.15, -0.1) is 24.8 Å². The summed E-state index contributed by atoms with van der Waals surface area (Å²) < 4.78 is 2.03. The molecule has 7 heteroatoms. The van der Waals surface area contributed by atoms with Crippen molar-refractivity contribution in [2.24, 2.45) is 11.7 Å². The Labute approximate surface area is 175 Å². The summed E-state index contributed by atoms with van der Waals surface area (Å²) in [6.45, 7) is 8.53. The molecule has 0 bridgehead atoms. The van der Waals surface area contributed by atoms with Crippen LogP contribution in [0.15, 0.2) is 42.9 Å². The van der Waals surface area contributed by atoms with Crippen molar-refractivity contribution in [2.45, 2.75) is 46.2 Å². The number of halogens is 2. The van der Waals surface area contributed by atoms with E-state index in [-0.39, 0.29) is 30.7 Å². The van der Waals surface area contributed by atoms with Crippen molar-refractivity contribution in [1.29, 1.82) is 0 Å². The first-order valence-corrected chi connectivity index (χ1v) is 9.12. The highest BCUT2D eigenvalue weighted by Crippen LogP contribution is 2.09. The summed E-state index contributed by atoms with van der Waals surface area (Å²) in [6, 6.07) is 9.69. The Morgan fingerprint density at radius 3 is 2.48 bits per heavy atom. The average molecular weight is 415 g/mol. The highest BCUT2D eigenvalue weighted by Gasteiger charge is 2.22. The van der Waals surface area contributed by atoms with E-state index >= 15 is 0 Å². The molecule has 1 aromatic carbocycles. The first-order valence-electron chi connectivity index (χ1n) is 9.12. The van der Waals surface area contributed by atoms with Gasteiger partial charge in [0.15, 0.2) is 0 Å². The summed E-state index contributed by atoms with van der Waals surface area (Å²) in [4.78, 5) is 18.9. The molecule has 0 aliphatic rings. The van der Waals surface area contributed by atoms with Crippen LogP contribution in [0, 0.1) is 5.92 Å². The molecule has 0 saturated carbocycles. The fourth-order valence-electron chi connectivity index (χ4n) is 2.82. The predicted octanol–water partition coefficient (Wildman–Crippen LogP) is 3.54. The maximum atomic E-state index is 12.6. The summed E-state index contributed by atoms with van der Waals surface area (Å²) in [7, 11) is 0. The molecule has 0 aliphatic heterocycles. The highest BCUT2D eigenvalue weighted by molar-refractivity contribution is 5.85. The second kappa shape index (κ2) is 12.8. The Balaban J connectivity index is 0.00000338. The molecule has 2 rings (SSSR count). The van der Waals surface area contributed by atoms with Crippen molar-refractivity contribution in [3.05, 3.63) is 54.1 Å². The molecule has 0 radical (unpaired) electrons. The lowest BCUT2D eigenvalue weighted by molar-refractivity contribution is -0.133. The minimum absolute atomic E-state index is 0. The number of rotatable bonds is 9. The van der Waals surface area contributed by atoms with E-state index in [4.69, 9.17) is 5.73 Å². The topological polar surface area (TPSA) is 64.2 Å². The van der Waals surface area contributed by atoms with Crippen LogP contribution in [-0.4, -0.2) is 39.5 Å². The number of benzene rings is 1. The van der Waals surface area contributed by atoms with Gasteiger partial charge in [-0.25, -0.2) is 4.98 Å². The maximum Gasteiger partial charge on any atom is 0.239 e. The minimum atomic E-state index is -0.538. The summed E-state index contributed by atoms with van der Waals surface area (Å²) in [5.74, 6) is 0.501. The van der Waals surface area contributed by atoms with Gasteiger partial charge in [0.2, 0.25) is 5.91 Å². The fraction of sp³-hybridized carbons (Fsp3) is 0.500. The second-order valence-corrected chi connectivity index (χ2v) is 6.72. The number of carbonyl (C=O) groups excluding carboxylic acids is 1. The van der Waals surface area contributed by atoms with Gasteiger partial charge in [-0.3, -0.25) is 4.79 Å². The first-order chi connectivity index (χ1) is 12.0. The molecule has 0 aliphatic carbocycles. The SMILES string of the molecule is CCC(C)CN(CC)C(=O)[C@@H](N)Cc1cn(Cc2ccccc2)cn1.Cl.Cl. The third-order valence-electron chi connectivity index (χ3n) is 4.56. The van der Waals surface area contributed by atoms with Gasteiger partial charge < -0.3 is 15.2 Å². The molecule has 152 valence electrons. The van der Waals surface area contributed by atoms with Gasteiger partial charge in [-0.1, -0.05) is 50.6 Å². The molecule has 1 heterocycles. The smallest absolute Gasteiger partial charge is 0.239 e. The lowest BCUT2D eigenvalue weighted by Gasteiger charge is -2.26. The number of imidazole rings is 1. The van der Waals surface area contributed by atoms with Crippen molar-refractivity contribution in [2.75, 3.05) is 13.1 Å². The van der Waals surface area contributed by atoms with Crippen LogP contribution in [0.5, 0.6) is 0 Å². The van der Waals surface area contributed by atoms with Gasteiger partial charge in [-0.05, 0) is 18.4 Å². The summed E-state index contributed by atoms with van der Waals surface area (Å²) in [5.41, 5.74) is 8.24. The van der Waals surface area contributed by atoms with E-state index in [1.165, 1.54) is 5.56 Å². The minimum Gasteiger partial charge on any atom is -0.341 e. The zero-order chi connectivity index (χ0) is 18.2. The molecule has 2 aromatic rings. The number of nitrogens with zero attached hydrogens (tertiary/aromatic N) is 3. The number of carbonyl (C=O) groups is 1. The Bertz CT molecular complexity index is 663.